The zero-order chi connectivity index (χ0) is 25.1. The number of fused-ring (bicyclic) bond motifs is 1. The number of allylic oxidation sites excluding steroid dienone is 1. The highest BCUT2D eigenvalue weighted by molar-refractivity contribution is 6.05. The number of carbonyl (C=O) groups excluding carboxylic acids is 1. The van der Waals surface area contributed by atoms with Crippen LogP contribution in [0.15, 0.2) is 42.0 Å². The molecule has 2 aliphatic rings. The predicted molar refractivity (Wildman–Crippen MR) is 133 cm³/mol. The molecule has 4 atom stereocenters. The number of hydrogen-bond acceptors (Lipinski definition) is 8. The molecule has 4 N–H and O–H groups in total. The number of benzene rings is 2. The van der Waals surface area contributed by atoms with Crippen molar-refractivity contribution < 1.29 is 24.9 Å². The molecule has 2 aromatic carbocycles. The first-order valence-corrected chi connectivity index (χ1v) is 11.8. The van der Waals surface area contributed by atoms with Crippen molar-refractivity contribution >= 4 is 27.9 Å². The van der Waals surface area contributed by atoms with Crippen molar-refractivity contribution in [1.29, 1.82) is 5.26 Å². The van der Waals surface area contributed by atoms with Gasteiger partial charge in [-0.3, -0.25) is 4.79 Å². The molecule has 2 heterocycles. The van der Waals surface area contributed by atoms with Crippen LogP contribution in [0.25, 0.3) is 16.3 Å². The minimum absolute atomic E-state index is 0.0793. The van der Waals surface area contributed by atoms with Gasteiger partial charge in [0.05, 0.1) is 19.3 Å². The van der Waals surface area contributed by atoms with E-state index in [0.29, 0.717) is 5.57 Å². The van der Waals surface area contributed by atoms with Crippen LogP contribution in [0, 0.1) is 11.3 Å². The number of ether oxygens (including phenoxy) is 1. The summed E-state index contributed by atoms with van der Waals surface area (Å²) in [5, 5.41) is 43.9. The van der Waals surface area contributed by atoms with E-state index in [2.05, 4.69) is 40.4 Å². The fraction of sp³-hybridized carbons (Fsp3) is 0.462. The Bertz CT molecular complexity index is 1150. The third-order valence-corrected chi connectivity index (χ3v) is 6.97. The van der Waals surface area contributed by atoms with Gasteiger partial charge in [0.25, 0.3) is 5.91 Å². The lowest BCUT2D eigenvalue weighted by atomic mass is 9.96. The van der Waals surface area contributed by atoms with Crippen LogP contribution in [0.1, 0.15) is 12.5 Å². The zero-order valence-electron chi connectivity index (χ0n) is 20.0. The standard InChI is InChI=1S/C26H32N4O5/c1-16(21(13-27)26(34)28-22-15-35-23(14-31)25(33)24(22)32)17-3-4-19-12-20(6-5-18(19)11-17)30-9-7-29(2)8-10-30/h3-6,11-12,22-25,31-33H,7-10,14-15H2,1-2H3,(H,28,34). The van der Waals surface area contributed by atoms with Crippen LogP contribution in [0.2, 0.25) is 0 Å². The molecule has 0 aliphatic carbocycles. The van der Waals surface area contributed by atoms with Crippen LogP contribution >= 0.6 is 0 Å². The lowest BCUT2D eigenvalue weighted by molar-refractivity contribution is -0.163. The average molecular weight is 481 g/mol. The second kappa shape index (κ2) is 10.7. The predicted octanol–water partition coefficient (Wildman–Crippen LogP) is 0.486. The van der Waals surface area contributed by atoms with Gasteiger partial charge in [0.15, 0.2) is 0 Å². The number of carbonyl (C=O) groups is 1. The van der Waals surface area contributed by atoms with Crippen LogP contribution in [-0.2, 0) is 9.53 Å². The maximum absolute atomic E-state index is 12.9. The SMILES string of the molecule is CC(=C(C#N)C(=O)NC1COC(CO)C(O)C1O)c1ccc2cc(N3CCN(C)CC3)ccc2c1. The molecule has 1 amide bonds. The first kappa shape index (κ1) is 25.1. The van der Waals surface area contributed by atoms with Crippen molar-refractivity contribution in [3.05, 3.63) is 47.5 Å². The number of amides is 1. The molecule has 2 fully saturated rings. The number of piperazine rings is 1. The van der Waals surface area contributed by atoms with Crippen LogP contribution < -0.4 is 10.2 Å². The van der Waals surface area contributed by atoms with Crippen molar-refractivity contribution in [2.45, 2.75) is 31.3 Å². The Morgan fingerprint density at radius 1 is 1.11 bits per heavy atom. The largest absolute Gasteiger partial charge is 0.394 e. The normalized spacial score (nSPS) is 26.2. The molecule has 2 aromatic rings. The molecule has 0 spiro atoms. The number of nitrogens with one attached hydrogen (secondary N) is 1. The molecule has 9 nitrogen and oxygen atoms in total. The van der Waals surface area contributed by atoms with Crippen molar-refractivity contribution in [3.8, 4) is 6.07 Å². The smallest absolute Gasteiger partial charge is 0.262 e. The van der Waals surface area contributed by atoms with Gasteiger partial charge in [-0.1, -0.05) is 18.2 Å². The average Bonchev–Trinajstić information content (AvgIpc) is 2.87. The number of likely N-dealkylation sites (N-methyl/N-ethyl adjacent to an activating group) is 1. The number of nitriles is 1. The first-order chi connectivity index (χ1) is 16.8. The lowest BCUT2D eigenvalue weighted by Crippen LogP contribution is -2.60. The quantitative estimate of drug-likeness (QED) is 0.359. The van der Waals surface area contributed by atoms with Crippen molar-refractivity contribution in [2.75, 3.05) is 51.3 Å². The highest BCUT2D eigenvalue weighted by Crippen LogP contribution is 2.27. The van der Waals surface area contributed by atoms with Gasteiger partial charge >= 0.3 is 0 Å². The monoisotopic (exact) mass is 480 g/mol. The summed E-state index contributed by atoms with van der Waals surface area (Å²) in [6.07, 6.45) is -3.58. The fourth-order valence-corrected chi connectivity index (χ4v) is 4.59. The highest BCUT2D eigenvalue weighted by Gasteiger charge is 2.39. The van der Waals surface area contributed by atoms with Gasteiger partial charge in [0.2, 0.25) is 0 Å². The highest BCUT2D eigenvalue weighted by atomic mass is 16.5. The molecule has 4 rings (SSSR count). The first-order valence-electron chi connectivity index (χ1n) is 11.8. The lowest BCUT2D eigenvalue weighted by Gasteiger charge is -2.37. The summed E-state index contributed by atoms with van der Waals surface area (Å²) in [5.74, 6) is -0.655. The fourth-order valence-electron chi connectivity index (χ4n) is 4.59. The minimum Gasteiger partial charge on any atom is -0.394 e. The molecule has 2 aliphatic heterocycles. The summed E-state index contributed by atoms with van der Waals surface area (Å²) in [7, 11) is 2.13. The summed E-state index contributed by atoms with van der Waals surface area (Å²) < 4.78 is 5.31. The van der Waals surface area contributed by atoms with Gasteiger partial charge in [-0.05, 0) is 54.1 Å². The Kier molecular flexibility index (Phi) is 7.69. The van der Waals surface area contributed by atoms with Crippen LogP contribution in [0.5, 0.6) is 0 Å². The topological polar surface area (TPSA) is 129 Å². The van der Waals surface area contributed by atoms with Crippen molar-refractivity contribution in [1.82, 2.24) is 10.2 Å². The van der Waals surface area contributed by atoms with E-state index in [0.717, 1.165) is 42.5 Å². The van der Waals surface area contributed by atoms with E-state index in [-0.39, 0.29) is 12.2 Å². The van der Waals surface area contributed by atoms with Crippen molar-refractivity contribution in [2.24, 2.45) is 0 Å². The Morgan fingerprint density at radius 2 is 1.80 bits per heavy atom. The molecular weight excluding hydrogens is 448 g/mol. The molecule has 0 radical (unpaired) electrons. The van der Waals surface area contributed by atoms with E-state index < -0.39 is 36.9 Å². The number of nitrogens with zero attached hydrogens (tertiary/aromatic N) is 3. The van der Waals surface area contributed by atoms with E-state index in [1.165, 1.54) is 5.69 Å². The van der Waals surface area contributed by atoms with Gasteiger partial charge in [-0.2, -0.15) is 5.26 Å². The van der Waals surface area contributed by atoms with Crippen LogP contribution in [0.4, 0.5) is 5.69 Å². The summed E-state index contributed by atoms with van der Waals surface area (Å²) in [5.41, 5.74) is 2.36. The third-order valence-electron chi connectivity index (χ3n) is 6.97. The van der Waals surface area contributed by atoms with Crippen LogP contribution in [0.3, 0.4) is 0 Å². The molecule has 9 heteroatoms. The minimum atomic E-state index is -1.34. The van der Waals surface area contributed by atoms with E-state index in [9.17, 15) is 25.4 Å². The molecule has 186 valence electrons. The summed E-state index contributed by atoms with van der Waals surface area (Å²) >= 11 is 0. The number of hydrogen-bond donors (Lipinski definition) is 4. The van der Waals surface area contributed by atoms with Gasteiger partial charge in [-0.25, -0.2) is 0 Å². The van der Waals surface area contributed by atoms with Gasteiger partial charge in [0, 0.05) is 31.9 Å². The maximum Gasteiger partial charge on any atom is 0.262 e. The van der Waals surface area contributed by atoms with Gasteiger partial charge < -0.3 is 35.2 Å². The van der Waals surface area contributed by atoms with Gasteiger partial charge in [0.1, 0.15) is 30.0 Å². The number of rotatable bonds is 5. The molecule has 0 aromatic heterocycles. The summed E-state index contributed by atoms with van der Waals surface area (Å²) in [4.78, 5) is 17.6. The summed E-state index contributed by atoms with van der Waals surface area (Å²) in [6, 6.07) is 13.2. The zero-order valence-corrected chi connectivity index (χ0v) is 20.0. The Morgan fingerprint density at radius 3 is 2.49 bits per heavy atom. The Labute approximate surface area is 204 Å². The Hall–Kier alpha value is -3.00. The van der Waals surface area contributed by atoms with E-state index in [1.54, 1.807) is 6.92 Å². The molecule has 0 saturated carbocycles. The third kappa shape index (κ3) is 5.32. The molecule has 0 bridgehead atoms. The number of anilines is 1. The van der Waals surface area contributed by atoms with Crippen LogP contribution in [-0.4, -0.2) is 96.9 Å². The maximum atomic E-state index is 12.9. The molecule has 35 heavy (non-hydrogen) atoms. The van der Waals surface area contributed by atoms with E-state index >= 15 is 0 Å². The van der Waals surface area contributed by atoms with E-state index in [4.69, 9.17) is 4.74 Å². The number of aliphatic hydroxyl groups excluding tert-OH is 3. The molecular formula is C26H32N4O5. The van der Waals surface area contributed by atoms with Crippen molar-refractivity contribution in [3.63, 3.8) is 0 Å². The second-order valence-electron chi connectivity index (χ2n) is 9.26. The summed E-state index contributed by atoms with van der Waals surface area (Å²) in [6.45, 7) is 5.22. The molecule has 4 unspecified atom stereocenters. The second-order valence-corrected chi connectivity index (χ2v) is 9.26. The number of aliphatic hydroxyl groups is 3. The molecule has 2 saturated heterocycles. The van der Waals surface area contributed by atoms with Gasteiger partial charge in [-0.15, -0.1) is 0 Å². The Balaban J connectivity index is 1.52. The van der Waals surface area contributed by atoms with E-state index in [1.807, 2.05) is 24.3 Å².